The third-order valence-corrected chi connectivity index (χ3v) is 2.67. The van der Waals surface area contributed by atoms with Crippen molar-refractivity contribution in [2.24, 2.45) is 0 Å². The van der Waals surface area contributed by atoms with Gasteiger partial charge in [-0.1, -0.05) is 0 Å². The average molecular weight is 240 g/mol. The van der Waals surface area contributed by atoms with E-state index in [1.165, 1.54) is 14.2 Å². The highest BCUT2D eigenvalue weighted by atomic mass is 16.5. The summed E-state index contributed by atoms with van der Waals surface area (Å²) in [6, 6.07) is 0.520. The van der Waals surface area contributed by atoms with Crippen LogP contribution in [-0.2, 0) is 4.74 Å². The lowest BCUT2D eigenvalue weighted by atomic mass is 10.2. The quantitative estimate of drug-likeness (QED) is 0.730. The Labute approximate surface area is 99.7 Å². The minimum Gasteiger partial charge on any atom is -0.467 e. The Balaban J connectivity index is 2.29. The molecule has 1 aromatic heterocycles. The lowest BCUT2D eigenvalue weighted by Crippen LogP contribution is -2.37. The van der Waals surface area contributed by atoms with Crippen molar-refractivity contribution in [3.05, 3.63) is 5.82 Å². The first-order valence-electron chi connectivity index (χ1n) is 5.36. The Hall–Kier alpha value is -1.47. The van der Waals surface area contributed by atoms with Gasteiger partial charge in [-0.25, -0.2) is 0 Å². The fourth-order valence-corrected chi connectivity index (χ4v) is 1.64. The first-order chi connectivity index (χ1) is 8.24. The van der Waals surface area contributed by atoms with Crippen LogP contribution >= 0.6 is 0 Å². The Morgan fingerprint density at radius 1 is 1.18 bits per heavy atom. The molecule has 1 unspecified atom stereocenters. The van der Waals surface area contributed by atoms with Crippen LogP contribution in [0.2, 0.25) is 0 Å². The number of nitrogens with zero attached hydrogens (tertiary/aromatic N) is 4. The molecule has 0 N–H and O–H groups in total. The maximum absolute atomic E-state index is 5.43. The Bertz CT molecular complexity index is 366. The molecule has 7 heteroatoms. The van der Waals surface area contributed by atoms with E-state index in [-0.39, 0.29) is 18.1 Å². The summed E-state index contributed by atoms with van der Waals surface area (Å²) in [5, 5.41) is 0. The van der Waals surface area contributed by atoms with Gasteiger partial charge >= 0.3 is 12.0 Å². The predicted octanol–water partition coefficient (Wildman–Crippen LogP) is -0.108. The van der Waals surface area contributed by atoms with Gasteiger partial charge in [0.1, 0.15) is 0 Å². The van der Waals surface area contributed by atoms with Gasteiger partial charge in [-0.2, -0.15) is 9.97 Å². The number of hydrogen-bond donors (Lipinski definition) is 0. The van der Waals surface area contributed by atoms with Gasteiger partial charge in [0.25, 0.3) is 0 Å². The molecular formula is C10H16N4O3. The highest BCUT2D eigenvalue weighted by Gasteiger charge is 2.25. The summed E-state index contributed by atoms with van der Waals surface area (Å²) in [5.74, 6) is 0.607. The molecule has 1 aliphatic heterocycles. The number of morpholine rings is 1. The van der Waals surface area contributed by atoms with Crippen molar-refractivity contribution >= 4 is 0 Å². The van der Waals surface area contributed by atoms with Crippen molar-refractivity contribution in [2.75, 3.05) is 41.0 Å². The van der Waals surface area contributed by atoms with Crippen molar-refractivity contribution in [2.45, 2.75) is 6.04 Å². The van der Waals surface area contributed by atoms with E-state index in [9.17, 15) is 0 Å². The third kappa shape index (κ3) is 2.62. The van der Waals surface area contributed by atoms with E-state index >= 15 is 0 Å². The fourth-order valence-electron chi connectivity index (χ4n) is 1.64. The molecule has 2 heterocycles. The summed E-state index contributed by atoms with van der Waals surface area (Å²) in [6.07, 6.45) is 0. The number of likely N-dealkylation sites (N-methyl/N-ethyl adjacent to an activating group) is 1. The van der Waals surface area contributed by atoms with E-state index in [4.69, 9.17) is 14.2 Å². The molecule has 94 valence electrons. The largest absolute Gasteiger partial charge is 0.467 e. The summed E-state index contributed by atoms with van der Waals surface area (Å²) in [6.45, 7) is 2.14. The van der Waals surface area contributed by atoms with Gasteiger partial charge in [-0.3, -0.25) is 4.90 Å². The Morgan fingerprint density at radius 2 is 1.82 bits per heavy atom. The molecule has 17 heavy (non-hydrogen) atoms. The first kappa shape index (κ1) is 12.0. The van der Waals surface area contributed by atoms with E-state index in [1.54, 1.807) is 0 Å². The topological polar surface area (TPSA) is 69.6 Å². The summed E-state index contributed by atoms with van der Waals surface area (Å²) in [7, 11) is 5.04. The van der Waals surface area contributed by atoms with Crippen LogP contribution < -0.4 is 9.47 Å². The minimum atomic E-state index is 0.00884. The lowest BCUT2D eigenvalue weighted by molar-refractivity contribution is 0.00129. The van der Waals surface area contributed by atoms with Crippen molar-refractivity contribution in [1.82, 2.24) is 19.9 Å². The van der Waals surface area contributed by atoms with Crippen LogP contribution in [0.15, 0.2) is 0 Å². The zero-order valence-electron chi connectivity index (χ0n) is 10.2. The van der Waals surface area contributed by atoms with E-state index in [2.05, 4.69) is 19.9 Å². The minimum absolute atomic E-state index is 0.00884. The number of rotatable bonds is 3. The number of hydrogen-bond acceptors (Lipinski definition) is 7. The standard InChI is InChI=1S/C10H16N4O3/c1-14-4-5-17-6-7(14)8-11-9(15-2)13-10(12-8)16-3/h7H,4-6H2,1-3H3. The third-order valence-electron chi connectivity index (χ3n) is 2.67. The first-order valence-corrected chi connectivity index (χ1v) is 5.36. The molecule has 0 bridgehead atoms. The van der Waals surface area contributed by atoms with Gasteiger partial charge in [0.05, 0.1) is 33.5 Å². The maximum Gasteiger partial charge on any atom is 0.322 e. The molecule has 1 saturated heterocycles. The van der Waals surface area contributed by atoms with Crippen LogP contribution in [0, 0.1) is 0 Å². The fraction of sp³-hybridized carbons (Fsp3) is 0.700. The number of methoxy groups -OCH3 is 2. The highest BCUT2D eigenvalue weighted by molar-refractivity contribution is 5.08. The molecule has 0 aromatic carbocycles. The Morgan fingerprint density at radius 3 is 2.35 bits per heavy atom. The molecule has 0 amide bonds. The van der Waals surface area contributed by atoms with Crippen LogP contribution in [0.4, 0.5) is 0 Å². The van der Waals surface area contributed by atoms with E-state index in [0.717, 1.165) is 13.2 Å². The second-order valence-corrected chi connectivity index (χ2v) is 3.74. The second kappa shape index (κ2) is 5.24. The zero-order chi connectivity index (χ0) is 12.3. The van der Waals surface area contributed by atoms with E-state index < -0.39 is 0 Å². The van der Waals surface area contributed by atoms with Gasteiger partial charge in [0.2, 0.25) is 0 Å². The number of aromatic nitrogens is 3. The molecule has 1 atom stereocenters. The summed E-state index contributed by atoms with van der Waals surface area (Å²) in [4.78, 5) is 14.6. The van der Waals surface area contributed by atoms with Gasteiger partial charge in [-0.15, -0.1) is 4.98 Å². The predicted molar refractivity (Wildman–Crippen MR) is 59.1 cm³/mol. The van der Waals surface area contributed by atoms with E-state index in [1.807, 2.05) is 7.05 Å². The van der Waals surface area contributed by atoms with E-state index in [0.29, 0.717) is 12.4 Å². The highest BCUT2D eigenvalue weighted by Crippen LogP contribution is 2.22. The van der Waals surface area contributed by atoms with Crippen LogP contribution in [0.25, 0.3) is 0 Å². The van der Waals surface area contributed by atoms with Crippen molar-refractivity contribution in [3.63, 3.8) is 0 Å². The Kier molecular flexibility index (Phi) is 3.70. The second-order valence-electron chi connectivity index (χ2n) is 3.74. The monoisotopic (exact) mass is 240 g/mol. The zero-order valence-corrected chi connectivity index (χ0v) is 10.2. The maximum atomic E-state index is 5.43. The normalized spacial score (nSPS) is 21.2. The summed E-state index contributed by atoms with van der Waals surface area (Å²) in [5.41, 5.74) is 0. The molecule has 1 fully saturated rings. The van der Waals surface area contributed by atoms with Crippen molar-refractivity contribution in [1.29, 1.82) is 0 Å². The van der Waals surface area contributed by atoms with Gasteiger partial charge in [0.15, 0.2) is 5.82 Å². The summed E-state index contributed by atoms with van der Waals surface area (Å²) >= 11 is 0. The van der Waals surface area contributed by atoms with Crippen LogP contribution in [0.5, 0.6) is 12.0 Å². The molecule has 1 aromatic rings. The van der Waals surface area contributed by atoms with Crippen LogP contribution in [0.1, 0.15) is 11.9 Å². The molecule has 0 aliphatic carbocycles. The molecule has 0 spiro atoms. The van der Waals surface area contributed by atoms with Crippen molar-refractivity contribution in [3.8, 4) is 12.0 Å². The summed E-state index contributed by atoms with van der Waals surface area (Å²) < 4.78 is 15.5. The van der Waals surface area contributed by atoms with Gasteiger partial charge in [0, 0.05) is 6.54 Å². The number of ether oxygens (including phenoxy) is 3. The average Bonchev–Trinajstić information content (AvgIpc) is 2.38. The van der Waals surface area contributed by atoms with Gasteiger partial charge < -0.3 is 14.2 Å². The molecule has 2 rings (SSSR count). The van der Waals surface area contributed by atoms with Gasteiger partial charge in [-0.05, 0) is 7.05 Å². The van der Waals surface area contributed by atoms with Crippen molar-refractivity contribution < 1.29 is 14.2 Å². The SMILES string of the molecule is COc1nc(OC)nc(C2COCCN2C)n1. The van der Waals surface area contributed by atoms with Crippen LogP contribution in [0.3, 0.4) is 0 Å². The van der Waals surface area contributed by atoms with Crippen LogP contribution in [-0.4, -0.2) is 60.9 Å². The lowest BCUT2D eigenvalue weighted by Gasteiger charge is -2.31. The molecule has 0 radical (unpaired) electrons. The molecular weight excluding hydrogens is 224 g/mol. The smallest absolute Gasteiger partial charge is 0.322 e. The molecule has 7 nitrogen and oxygen atoms in total. The molecule has 1 aliphatic rings. The molecule has 0 saturated carbocycles.